The number of nitrogens with zero attached hydrogens (tertiary/aromatic N) is 2. The Hall–Kier alpha value is -3.13. The summed E-state index contributed by atoms with van der Waals surface area (Å²) in [6.45, 7) is -0.564. The normalized spacial score (nSPS) is 11.9. The van der Waals surface area contributed by atoms with Crippen LogP contribution in [0.5, 0.6) is 11.6 Å². The molecule has 8 heteroatoms. The Morgan fingerprint density at radius 2 is 1.79 bits per heavy atom. The van der Waals surface area contributed by atoms with Gasteiger partial charge in [0.15, 0.2) is 0 Å². The minimum Gasteiger partial charge on any atom is -0.497 e. The molecule has 7 nitrogen and oxygen atoms in total. The van der Waals surface area contributed by atoms with Gasteiger partial charge in [0.25, 0.3) is 0 Å². The summed E-state index contributed by atoms with van der Waals surface area (Å²) < 4.78 is 7.44. The van der Waals surface area contributed by atoms with Crippen molar-refractivity contribution >= 4 is 18.6 Å². The topological polar surface area (TPSA) is 93.7 Å². The predicted octanol–water partition coefficient (Wildman–Crippen LogP) is 2.83. The number of hydrogen-bond donors (Lipinski definition) is 3. The fourth-order valence-corrected chi connectivity index (χ4v) is 3.61. The van der Waals surface area contributed by atoms with Gasteiger partial charge >= 0.3 is 11.7 Å². The number of aromatic hydroxyl groups is 1. The van der Waals surface area contributed by atoms with E-state index in [2.05, 4.69) is 12.6 Å². The quantitative estimate of drug-likeness (QED) is 0.493. The van der Waals surface area contributed by atoms with Gasteiger partial charge in [-0.1, -0.05) is 30.3 Å². The number of carboxylic acids is 1. The van der Waals surface area contributed by atoms with Crippen molar-refractivity contribution in [3.63, 3.8) is 0 Å². The summed E-state index contributed by atoms with van der Waals surface area (Å²) in [6.07, 6.45) is 0.469. The van der Waals surface area contributed by atoms with Crippen molar-refractivity contribution in [3.05, 3.63) is 70.6 Å². The highest BCUT2D eigenvalue weighted by molar-refractivity contribution is 7.80. The van der Waals surface area contributed by atoms with Crippen molar-refractivity contribution < 1.29 is 19.7 Å². The van der Waals surface area contributed by atoms with Gasteiger partial charge in [0.2, 0.25) is 5.88 Å². The number of imidazole rings is 1. The third-order valence-corrected chi connectivity index (χ3v) is 5.12. The van der Waals surface area contributed by atoms with Crippen LogP contribution in [-0.4, -0.2) is 38.2 Å². The maximum Gasteiger partial charge on any atom is 0.332 e. The minimum atomic E-state index is -1.18. The van der Waals surface area contributed by atoms with Crippen molar-refractivity contribution in [2.24, 2.45) is 0 Å². The number of aliphatic carboxylic acids is 1. The lowest BCUT2D eigenvalue weighted by Crippen LogP contribution is -2.31. The van der Waals surface area contributed by atoms with Crippen molar-refractivity contribution in [1.82, 2.24) is 9.13 Å². The zero-order chi connectivity index (χ0) is 21.0. The van der Waals surface area contributed by atoms with E-state index in [0.29, 0.717) is 23.5 Å². The number of ether oxygens (including phenoxy) is 1. The Bertz CT molecular complexity index is 1040. The molecule has 0 aliphatic heterocycles. The summed E-state index contributed by atoms with van der Waals surface area (Å²) in [7, 11) is 1.53. The first-order valence-electron chi connectivity index (χ1n) is 9.01. The molecule has 2 N–H and O–H groups in total. The predicted molar refractivity (Wildman–Crippen MR) is 113 cm³/mol. The van der Waals surface area contributed by atoms with Gasteiger partial charge in [-0.2, -0.15) is 12.6 Å². The second-order valence-electron chi connectivity index (χ2n) is 6.56. The van der Waals surface area contributed by atoms with Crippen LogP contribution in [0, 0.1) is 0 Å². The van der Waals surface area contributed by atoms with E-state index in [9.17, 15) is 19.8 Å². The van der Waals surface area contributed by atoms with E-state index in [1.807, 2.05) is 30.3 Å². The van der Waals surface area contributed by atoms with Gasteiger partial charge in [-0.05, 0) is 36.2 Å². The number of benzene rings is 2. The number of carboxylic acid groups (broad SMARTS) is 1. The molecule has 1 unspecified atom stereocenters. The second kappa shape index (κ2) is 8.91. The highest BCUT2D eigenvalue weighted by Gasteiger charge is 2.26. The Morgan fingerprint density at radius 3 is 2.34 bits per heavy atom. The van der Waals surface area contributed by atoms with Gasteiger partial charge in [-0.3, -0.25) is 13.9 Å². The van der Waals surface area contributed by atoms with Crippen LogP contribution < -0.4 is 10.4 Å². The first kappa shape index (κ1) is 20.6. The van der Waals surface area contributed by atoms with E-state index >= 15 is 0 Å². The molecule has 2 aromatic carbocycles. The molecule has 0 bridgehead atoms. The lowest BCUT2D eigenvalue weighted by atomic mass is 10.1. The van der Waals surface area contributed by atoms with E-state index < -0.39 is 24.2 Å². The molecule has 152 valence electrons. The van der Waals surface area contributed by atoms with E-state index in [1.165, 1.54) is 11.7 Å². The summed E-state index contributed by atoms with van der Waals surface area (Å²) in [5.41, 5.74) is 1.05. The molecule has 0 aliphatic carbocycles. The highest BCUT2D eigenvalue weighted by Crippen LogP contribution is 2.32. The van der Waals surface area contributed by atoms with Gasteiger partial charge < -0.3 is 14.9 Å². The van der Waals surface area contributed by atoms with Crippen LogP contribution in [0.1, 0.15) is 11.6 Å². The third kappa shape index (κ3) is 4.32. The fraction of sp³-hybridized carbons (Fsp3) is 0.238. The lowest BCUT2D eigenvalue weighted by Gasteiger charge is -2.16. The summed E-state index contributed by atoms with van der Waals surface area (Å²) in [6, 6.07) is 15.8. The molecule has 3 aromatic rings. The van der Waals surface area contributed by atoms with Crippen molar-refractivity contribution in [2.75, 3.05) is 12.9 Å². The number of thiol groups is 1. The van der Waals surface area contributed by atoms with E-state index in [1.54, 1.807) is 24.3 Å². The van der Waals surface area contributed by atoms with Crippen LogP contribution in [0.4, 0.5) is 0 Å². The lowest BCUT2D eigenvalue weighted by molar-refractivity contribution is -0.137. The Kier molecular flexibility index (Phi) is 6.33. The first-order valence-corrected chi connectivity index (χ1v) is 9.64. The van der Waals surface area contributed by atoms with E-state index in [-0.39, 0.29) is 11.6 Å². The summed E-state index contributed by atoms with van der Waals surface area (Å²) in [5, 5.41) is 20.2. The van der Waals surface area contributed by atoms with E-state index in [4.69, 9.17) is 4.74 Å². The van der Waals surface area contributed by atoms with Crippen LogP contribution >= 0.6 is 12.6 Å². The average Bonchev–Trinajstić information content (AvgIpc) is 2.96. The van der Waals surface area contributed by atoms with Crippen molar-refractivity contribution in [2.45, 2.75) is 19.0 Å². The molecule has 0 amide bonds. The van der Waals surface area contributed by atoms with Crippen molar-refractivity contribution in [1.29, 1.82) is 0 Å². The molecule has 0 radical (unpaired) electrons. The van der Waals surface area contributed by atoms with Gasteiger partial charge in [0.1, 0.15) is 18.0 Å². The maximum absolute atomic E-state index is 13.1. The minimum absolute atomic E-state index is 0.153. The van der Waals surface area contributed by atoms with Crippen molar-refractivity contribution in [3.8, 4) is 22.9 Å². The summed E-state index contributed by atoms with van der Waals surface area (Å²) >= 11 is 4.37. The zero-order valence-electron chi connectivity index (χ0n) is 15.9. The van der Waals surface area contributed by atoms with Gasteiger partial charge in [0.05, 0.1) is 13.2 Å². The SMILES string of the molecule is COc1ccc(-c2c(O)n(C(CS)Cc3ccccc3)c(=O)n2CC(=O)O)cc1. The first-order chi connectivity index (χ1) is 14.0. The van der Waals surface area contributed by atoms with Crippen LogP contribution in [0.3, 0.4) is 0 Å². The smallest absolute Gasteiger partial charge is 0.332 e. The second-order valence-corrected chi connectivity index (χ2v) is 6.92. The summed E-state index contributed by atoms with van der Waals surface area (Å²) in [4.78, 5) is 24.4. The number of methoxy groups -OCH3 is 1. The monoisotopic (exact) mass is 414 g/mol. The number of hydrogen-bond acceptors (Lipinski definition) is 5. The number of carbonyl (C=O) groups is 1. The molecule has 0 saturated carbocycles. The Morgan fingerprint density at radius 1 is 1.14 bits per heavy atom. The number of rotatable bonds is 8. The number of aromatic nitrogens is 2. The van der Waals surface area contributed by atoms with Crippen LogP contribution in [-0.2, 0) is 17.8 Å². The fourth-order valence-electron chi connectivity index (χ4n) is 3.32. The summed E-state index contributed by atoms with van der Waals surface area (Å²) in [5.74, 6) is -0.556. The van der Waals surface area contributed by atoms with Crippen LogP contribution in [0.15, 0.2) is 59.4 Å². The molecule has 0 saturated heterocycles. The third-order valence-electron chi connectivity index (χ3n) is 4.69. The molecular formula is C21H22N2O5S. The molecule has 0 aliphatic rings. The van der Waals surface area contributed by atoms with Gasteiger partial charge in [-0.25, -0.2) is 4.79 Å². The molecule has 1 aromatic heterocycles. The van der Waals surface area contributed by atoms with Crippen LogP contribution in [0.2, 0.25) is 0 Å². The van der Waals surface area contributed by atoms with Gasteiger partial charge in [-0.15, -0.1) is 0 Å². The largest absolute Gasteiger partial charge is 0.497 e. The van der Waals surface area contributed by atoms with Crippen LogP contribution in [0.25, 0.3) is 11.3 Å². The highest BCUT2D eigenvalue weighted by atomic mass is 32.1. The maximum atomic E-state index is 13.1. The van der Waals surface area contributed by atoms with E-state index in [0.717, 1.165) is 10.1 Å². The Balaban J connectivity index is 2.13. The molecule has 29 heavy (non-hydrogen) atoms. The molecule has 1 heterocycles. The van der Waals surface area contributed by atoms with Gasteiger partial charge in [0, 0.05) is 11.3 Å². The Labute approximate surface area is 173 Å². The molecule has 3 rings (SSSR count). The molecular weight excluding hydrogens is 392 g/mol. The standard InChI is InChI=1S/C21H22N2O5S/c1-28-17-9-7-15(8-10-17)19-20(26)23(21(27)22(19)12-18(24)25)16(13-29)11-14-5-3-2-4-6-14/h2-10,16,26,29H,11-13H2,1H3,(H,24,25). The molecule has 1 atom stereocenters. The zero-order valence-corrected chi connectivity index (χ0v) is 16.8. The average molecular weight is 414 g/mol. The molecule has 0 spiro atoms. The molecule has 0 fully saturated rings.